The molecular formula is C33H27NO6. The van der Waals surface area contributed by atoms with E-state index in [1.165, 1.54) is 0 Å². The highest BCUT2D eigenvalue weighted by Gasteiger charge is 2.41. The highest BCUT2D eigenvalue weighted by Crippen LogP contribution is 2.19. The number of esters is 2. The van der Waals surface area contributed by atoms with Crippen molar-refractivity contribution >= 4 is 18.0 Å². The van der Waals surface area contributed by atoms with E-state index in [-0.39, 0.29) is 32.7 Å². The average molecular weight is 534 g/mol. The number of terminal acetylenes is 1. The van der Waals surface area contributed by atoms with Gasteiger partial charge in [-0.05, 0) is 29.8 Å². The number of hydrogen-bond donors (Lipinski definition) is 1. The maximum absolute atomic E-state index is 13.5. The van der Waals surface area contributed by atoms with Crippen LogP contribution in [0.15, 0.2) is 91.0 Å². The minimum absolute atomic E-state index is 0.00870. The summed E-state index contributed by atoms with van der Waals surface area (Å²) in [5, 5.41) is 2.65. The molecule has 7 nitrogen and oxygen atoms in total. The first kappa shape index (κ1) is 29.1. The minimum Gasteiger partial charge on any atom is -0.460 e. The van der Waals surface area contributed by atoms with E-state index in [9.17, 15) is 14.4 Å². The van der Waals surface area contributed by atoms with Crippen LogP contribution in [-0.4, -0.2) is 36.8 Å². The molecule has 200 valence electrons. The predicted octanol–water partition coefficient (Wildman–Crippen LogP) is 4.25. The number of rotatable bonds is 9. The van der Waals surface area contributed by atoms with Gasteiger partial charge in [0.05, 0.1) is 0 Å². The molecule has 3 aromatic rings. The van der Waals surface area contributed by atoms with E-state index in [4.69, 9.17) is 20.6 Å². The quantitative estimate of drug-likeness (QED) is 0.145. The second kappa shape index (κ2) is 15.7. The monoisotopic (exact) mass is 533 g/mol. The number of carbonyl (C=O) groups is 3. The molecule has 1 amide bonds. The van der Waals surface area contributed by atoms with Gasteiger partial charge >= 0.3 is 18.0 Å². The van der Waals surface area contributed by atoms with Crippen molar-refractivity contribution in [3.05, 3.63) is 108 Å². The zero-order valence-corrected chi connectivity index (χ0v) is 21.7. The molecule has 0 saturated carbocycles. The first-order valence-corrected chi connectivity index (χ1v) is 12.4. The molecule has 0 saturated heterocycles. The summed E-state index contributed by atoms with van der Waals surface area (Å²) in [6, 6.07) is 27.5. The maximum atomic E-state index is 13.5. The van der Waals surface area contributed by atoms with Gasteiger partial charge in [-0.15, -0.1) is 6.42 Å². The van der Waals surface area contributed by atoms with Crippen LogP contribution in [0.1, 0.15) is 29.5 Å². The van der Waals surface area contributed by atoms with Gasteiger partial charge in [0.15, 0.2) is 5.54 Å². The lowest BCUT2D eigenvalue weighted by Crippen LogP contribution is -2.55. The van der Waals surface area contributed by atoms with Gasteiger partial charge < -0.3 is 19.5 Å². The molecule has 0 radical (unpaired) electrons. The Hall–Kier alpha value is -5.45. The molecular weight excluding hydrogens is 506 g/mol. The molecule has 1 N–H and O–H groups in total. The van der Waals surface area contributed by atoms with E-state index < -0.39 is 23.6 Å². The van der Waals surface area contributed by atoms with Crippen molar-refractivity contribution in [2.75, 3.05) is 13.2 Å². The molecule has 3 aromatic carbocycles. The zero-order valence-electron chi connectivity index (χ0n) is 21.7. The average Bonchev–Trinajstić information content (AvgIpc) is 2.99. The Labute approximate surface area is 233 Å². The molecule has 7 heteroatoms. The summed E-state index contributed by atoms with van der Waals surface area (Å²) in [4.78, 5) is 37.6. The standard InChI is InChI=1S/C33H27NO6/c1-2-30(35)38-24-25-39-31(36)33(22-12-20-27-14-6-3-7-15-27,23-13-21-28-16-8-4-9-17-28)34-32(37)40-26-29-18-10-5-11-19-29/h1,3-11,14-19H,22-26H2,(H,34,37). The first-order valence-electron chi connectivity index (χ1n) is 12.4. The molecule has 0 aliphatic heterocycles. The highest BCUT2D eigenvalue weighted by molar-refractivity contribution is 5.88. The molecule has 0 aliphatic rings. The van der Waals surface area contributed by atoms with Crippen molar-refractivity contribution in [2.45, 2.75) is 25.0 Å². The van der Waals surface area contributed by atoms with Crippen LogP contribution in [0.25, 0.3) is 0 Å². The van der Waals surface area contributed by atoms with Gasteiger partial charge in [-0.2, -0.15) is 0 Å². The molecule has 0 aromatic heterocycles. The number of hydrogen-bond acceptors (Lipinski definition) is 6. The van der Waals surface area contributed by atoms with E-state index in [0.717, 1.165) is 16.7 Å². The van der Waals surface area contributed by atoms with Crippen LogP contribution in [0.4, 0.5) is 4.79 Å². The summed E-state index contributed by atoms with van der Waals surface area (Å²) < 4.78 is 15.6. The number of ether oxygens (including phenoxy) is 3. The van der Waals surface area contributed by atoms with E-state index in [1.54, 1.807) is 0 Å². The summed E-state index contributed by atoms with van der Waals surface area (Å²) >= 11 is 0. The Morgan fingerprint density at radius 3 is 1.73 bits per heavy atom. The molecule has 0 atom stereocenters. The summed E-state index contributed by atoms with van der Waals surface area (Å²) in [6.45, 7) is -0.549. The molecule has 3 rings (SSSR count). The molecule has 0 aliphatic carbocycles. The van der Waals surface area contributed by atoms with Crippen LogP contribution >= 0.6 is 0 Å². The van der Waals surface area contributed by atoms with Gasteiger partial charge in [0.25, 0.3) is 0 Å². The van der Waals surface area contributed by atoms with Gasteiger partial charge in [-0.25, -0.2) is 14.4 Å². The van der Waals surface area contributed by atoms with Crippen molar-refractivity contribution in [3.63, 3.8) is 0 Å². The Morgan fingerprint density at radius 1 is 0.700 bits per heavy atom. The van der Waals surface area contributed by atoms with Crippen molar-refractivity contribution in [2.24, 2.45) is 0 Å². The fourth-order valence-electron chi connectivity index (χ4n) is 3.39. The predicted molar refractivity (Wildman–Crippen MR) is 149 cm³/mol. The lowest BCUT2D eigenvalue weighted by atomic mass is 9.91. The summed E-state index contributed by atoms with van der Waals surface area (Å²) in [7, 11) is 0. The second-order valence-corrected chi connectivity index (χ2v) is 8.37. The minimum atomic E-state index is -1.69. The molecule has 0 spiro atoms. The molecule has 0 unspecified atom stereocenters. The first-order chi connectivity index (χ1) is 19.5. The van der Waals surface area contributed by atoms with Gasteiger partial charge in [0.1, 0.15) is 19.8 Å². The molecule has 0 fully saturated rings. The third-order valence-electron chi connectivity index (χ3n) is 5.41. The number of nitrogens with one attached hydrogen (secondary N) is 1. The largest absolute Gasteiger partial charge is 0.460 e. The fraction of sp³-hybridized carbons (Fsp3) is 0.182. The van der Waals surface area contributed by atoms with Crippen molar-refractivity contribution in [3.8, 4) is 36.0 Å². The Morgan fingerprint density at radius 2 is 1.20 bits per heavy atom. The van der Waals surface area contributed by atoms with Crippen molar-refractivity contribution in [1.29, 1.82) is 0 Å². The van der Waals surface area contributed by atoms with Crippen LogP contribution in [0, 0.1) is 36.0 Å². The second-order valence-electron chi connectivity index (χ2n) is 8.37. The number of amides is 1. The molecule has 0 bridgehead atoms. The highest BCUT2D eigenvalue weighted by atomic mass is 16.6. The van der Waals surface area contributed by atoms with Gasteiger partial charge in [-0.1, -0.05) is 90.4 Å². The lowest BCUT2D eigenvalue weighted by molar-refractivity contribution is -0.155. The van der Waals surface area contributed by atoms with E-state index in [0.29, 0.717) is 0 Å². The smallest absolute Gasteiger partial charge is 0.408 e. The third kappa shape index (κ3) is 9.78. The Bertz CT molecular complexity index is 1380. The number of carbonyl (C=O) groups excluding carboxylic acids is 3. The van der Waals surface area contributed by atoms with Crippen LogP contribution in [-0.2, 0) is 30.4 Å². The maximum Gasteiger partial charge on any atom is 0.408 e. The van der Waals surface area contributed by atoms with Crippen molar-refractivity contribution in [1.82, 2.24) is 5.32 Å². The van der Waals surface area contributed by atoms with Crippen LogP contribution < -0.4 is 5.32 Å². The molecule has 40 heavy (non-hydrogen) atoms. The topological polar surface area (TPSA) is 90.9 Å². The lowest BCUT2D eigenvalue weighted by Gasteiger charge is -2.28. The SMILES string of the molecule is C#CC(=O)OCCOC(=O)C(CC#Cc1ccccc1)(CC#Cc1ccccc1)NC(=O)OCc1ccccc1. The van der Waals surface area contributed by atoms with Gasteiger partial charge in [0, 0.05) is 29.9 Å². The van der Waals surface area contributed by atoms with E-state index >= 15 is 0 Å². The van der Waals surface area contributed by atoms with Crippen molar-refractivity contribution < 1.29 is 28.6 Å². The van der Waals surface area contributed by atoms with Gasteiger partial charge in [-0.3, -0.25) is 0 Å². The summed E-state index contributed by atoms with van der Waals surface area (Å²) in [6.07, 6.45) is 3.89. The van der Waals surface area contributed by atoms with Crippen LogP contribution in [0.5, 0.6) is 0 Å². The van der Waals surface area contributed by atoms with Gasteiger partial charge in [0.2, 0.25) is 0 Å². The van der Waals surface area contributed by atoms with Crippen LogP contribution in [0.2, 0.25) is 0 Å². The fourth-order valence-corrected chi connectivity index (χ4v) is 3.39. The van der Waals surface area contributed by atoms with Crippen LogP contribution in [0.3, 0.4) is 0 Å². The zero-order chi connectivity index (χ0) is 28.5. The molecule has 0 heterocycles. The van der Waals surface area contributed by atoms with E-state index in [2.05, 4.69) is 29.0 Å². The number of benzene rings is 3. The van der Waals surface area contributed by atoms with E-state index in [1.807, 2.05) is 96.9 Å². The number of alkyl carbamates (subject to hydrolysis) is 1. The Balaban J connectivity index is 1.86. The summed E-state index contributed by atoms with van der Waals surface area (Å²) in [5.41, 5.74) is 0.544. The third-order valence-corrected chi connectivity index (χ3v) is 5.41. The Kier molecular flexibility index (Phi) is 11.4. The summed E-state index contributed by atoms with van der Waals surface area (Å²) in [5.74, 6) is 12.0. The normalized spacial score (nSPS) is 9.88.